The van der Waals surface area contributed by atoms with Gasteiger partial charge in [0.1, 0.15) is 16.6 Å². The Bertz CT molecular complexity index is 1060. The van der Waals surface area contributed by atoms with Crippen LogP contribution in [0, 0.1) is 5.41 Å². The molecule has 3 heterocycles. The minimum atomic E-state index is -0.519. The Kier molecular flexibility index (Phi) is 4.94. The van der Waals surface area contributed by atoms with E-state index in [0.29, 0.717) is 10.7 Å². The lowest BCUT2D eigenvalue weighted by atomic mass is 9.64. The van der Waals surface area contributed by atoms with Crippen LogP contribution in [0.25, 0.3) is 11.3 Å². The average Bonchev–Trinajstić information content (AvgIpc) is 2.69. The van der Waals surface area contributed by atoms with E-state index in [1.807, 2.05) is 12.1 Å². The van der Waals surface area contributed by atoms with Gasteiger partial charge in [-0.3, -0.25) is 10.4 Å². The van der Waals surface area contributed by atoms with Crippen molar-refractivity contribution in [2.24, 2.45) is 4.99 Å². The maximum absolute atomic E-state index is 8.58. The first kappa shape index (κ1) is 18.9. The van der Waals surface area contributed by atoms with Crippen molar-refractivity contribution in [2.75, 3.05) is 5.73 Å². The molecule has 8 nitrogen and oxygen atoms in total. The number of pyridine rings is 2. The fraction of sp³-hybridized carbons (Fsp3) is 0.200. The molecule has 0 unspecified atom stereocenters. The SMILES string of the molecule is N=C(N=C([OH2+])c1ccc(Cl)nc1)C1(c2ccc(-c3cnc(N)nc3)nc2)CCC1. The largest absolute Gasteiger partial charge is 0.578 e. The van der Waals surface area contributed by atoms with Crippen molar-refractivity contribution in [3.63, 3.8) is 0 Å². The van der Waals surface area contributed by atoms with Crippen molar-refractivity contribution in [3.8, 4) is 11.3 Å². The molecule has 0 aromatic carbocycles. The van der Waals surface area contributed by atoms with Crippen LogP contribution >= 0.6 is 11.6 Å². The third-order valence-electron chi connectivity index (χ3n) is 5.17. The number of hydrogen-bond acceptors (Lipinski definition) is 6. The number of halogens is 1. The molecule has 0 saturated heterocycles. The summed E-state index contributed by atoms with van der Waals surface area (Å²) in [7, 11) is 0. The number of amidine groups is 1. The third kappa shape index (κ3) is 3.66. The summed E-state index contributed by atoms with van der Waals surface area (Å²) >= 11 is 5.80. The zero-order valence-corrected chi connectivity index (χ0v) is 16.2. The summed E-state index contributed by atoms with van der Waals surface area (Å²) in [5.74, 6) is 0.371. The number of nitrogens with two attached hydrogens (primary N) is 1. The second-order valence-corrected chi connectivity index (χ2v) is 7.26. The molecule has 0 amide bonds. The smallest absolute Gasteiger partial charge is 0.367 e. The Hall–Kier alpha value is -3.39. The molecule has 0 aliphatic heterocycles. The number of anilines is 1. The van der Waals surface area contributed by atoms with Crippen LogP contribution in [0.5, 0.6) is 0 Å². The van der Waals surface area contributed by atoms with Crippen LogP contribution in [-0.2, 0) is 5.41 Å². The van der Waals surface area contributed by atoms with E-state index in [9.17, 15) is 0 Å². The summed E-state index contributed by atoms with van der Waals surface area (Å²) in [5, 5.41) is 17.1. The van der Waals surface area contributed by atoms with Gasteiger partial charge in [0.25, 0.3) is 0 Å². The van der Waals surface area contributed by atoms with Crippen LogP contribution in [0.4, 0.5) is 5.95 Å². The quantitative estimate of drug-likeness (QED) is 0.296. The summed E-state index contributed by atoms with van der Waals surface area (Å²) in [5.41, 5.74) is 7.94. The highest BCUT2D eigenvalue weighted by molar-refractivity contribution is 6.29. The first-order valence-electron chi connectivity index (χ1n) is 9.04. The molecular weight excluding hydrogens is 390 g/mol. The number of nitrogens with zero attached hydrogens (tertiary/aromatic N) is 5. The van der Waals surface area contributed by atoms with E-state index in [1.54, 1.807) is 30.7 Å². The van der Waals surface area contributed by atoms with E-state index in [0.717, 1.165) is 36.1 Å². The lowest BCUT2D eigenvalue weighted by Gasteiger charge is -2.40. The summed E-state index contributed by atoms with van der Waals surface area (Å²) in [6.07, 6.45) is 9.11. The fourth-order valence-corrected chi connectivity index (χ4v) is 3.42. The van der Waals surface area contributed by atoms with Crippen molar-refractivity contribution >= 4 is 29.3 Å². The van der Waals surface area contributed by atoms with Crippen LogP contribution in [0.1, 0.15) is 30.4 Å². The second kappa shape index (κ2) is 7.56. The lowest BCUT2D eigenvalue weighted by molar-refractivity contribution is 0.335. The van der Waals surface area contributed by atoms with E-state index < -0.39 is 5.41 Å². The maximum Gasteiger partial charge on any atom is 0.367 e. The Morgan fingerprint density at radius 2 is 1.79 bits per heavy atom. The highest BCUT2D eigenvalue weighted by Gasteiger charge is 2.44. The molecule has 0 spiro atoms. The van der Waals surface area contributed by atoms with Gasteiger partial charge in [0.15, 0.2) is 0 Å². The van der Waals surface area contributed by atoms with Gasteiger partial charge in [0.2, 0.25) is 5.95 Å². The van der Waals surface area contributed by atoms with Crippen molar-refractivity contribution in [1.82, 2.24) is 19.9 Å². The maximum atomic E-state index is 8.58. The lowest BCUT2D eigenvalue weighted by Crippen LogP contribution is -2.41. The number of nitrogen functional groups attached to an aromatic ring is 1. The molecule has 1 aliphatic carbocycles. The van der Waals surface area contributed by atoms with Gasteiger partial charge in [-0.2, -0.15) is 0 Å². The summed E-state index contributed by atoms with van der Waals surface area (Å²) in [6, 6.07) is 7.11. The third-order valence-corrected chi connectivity index (χ3v) is 5.39. The van der Waals surface area contributed by atoms with Gasteiger partial charge >= 0.3 is 5.90 Å². The van der Waals surface area contributed by atoms with Crippen molar-refractivity contribution < 1.29 is 5.11 Å². The van der Waals surface area contributed by atoms with Crippen molar-refractivity contribution in [3.05, 3.63) is 65.3 Å². The van der Waals surface area contributed by atoms with Gasteiger partial charge in [-0.1, -0.05) is 24.1 Å². The highest BCUT2D eigenvalue weighted by atomic mass is 35.5. The standard InChI is InChI=1S/C20H18ClN7O/c21-16-5-2-12(8-25-16)17(29)28-18(22)20(6-1-7-20)14-3-4-15(24-11-14)13-9-26-19(23)27-10-13/h2-5,8-11H,1,6-7H2,(H2,22,28,29)(H2,23,26,27)/p+1. The van der Waals surface area contributed by atoms with E-state index in [-0.39, 0.29) is 17.7 Å². The van der Waals surface area contributed by atoms with Gasteiger partial charge in [-0.15, -0.1) is 4.99 Å². The molecule has 29 heavy (non-hydrogen) atoms. The Labute approximate surface area is 172 Å². The van der Waals surface area contributed by atoms with E-state index in [2.05, 4.69) is 24.9 Å². The first-order valence-corrected chi connectivity index (χ1v) is 9.41. The zero-order valence-electron chi connectivity index (χ0n) is 15.4. The first-order chi connectivity index (χ1) is 14.0. The molecule has 1 aliphatic rings. The Balaban J connectivity index is 1.60. The second-order valence-electron chi connectivity index (χ2n) is 6.88. The number of nitrogens with one attached hydrogen (secondary N) is 1. The number of hydrogen-bond donors (Lipinski definition) is 2. The molecular formula is C20H19ClN7O+. The van der Waals surface area contributed by atoms with Crippen LogP contribution in [0.3, 0.4) is 0 Å². The van der Waals surface area contributed by atoms with Crippen LogP contribution in [-0.4, -0.2) is 36.8 Å². The van der Waals surface area contributed by atoms with Crippen molar-refractivity contribution in [2.45, 2.75) is 24.7 Å². The van der Waals surface area contributed by atoms with Gasteiger partial charge in [-0.05, 0) is 36.6 Å². The highest BCUT2D eigenvalue weighted by Crippen LogP contribution is 2.45. The van der Waals surface area contributed by atoms with Gasteiger partial charge in [0.05, 0.1) is 11.1 Å². The molecule has 0 bridgehead atoms. The predicted molar refractivity (Wildman–Crippen MR) is 112 cm³/mol. The molecule has 4 rings (SSSR count). The number of aliphatic imine (C=N–C) groups is 1. The molecule has 0 radical (unpaired) electrons. The normalized spacial score (nSPS) is 15.6. The molecule has 3 aromatic rings. The van der Waals surface area contributed by atoms with Crippen LogP contribution in [0.15, 0.2) is 54.0 Å². The van der Waals surface area contributed by atoms with Crippen LogP contribution in [0.2, 0.25) is 5.15 Å². The molecule has 0 atom stereocenters. The van der Waals surface area contributed by atoms with E-state index in [1.165, 1.54) is 6.20 Å². The van der Waals surface area contributed by atoms with E-state index in [4.69, 9.17) is 27.9 Å². The summed E-state index contributed by atoms with van der Waals surface area (Å²) in [4.78, 5) is 20.7. The van der Waals surface area contributed by atoms with Gasteiger partial charge in [0, 0.05) is 30.4 Å². The van der Waals surface area contributed by atoms with Crippen LogP contribution < -0.4 is 5.73 Å². The molecule has 3 aromatic heterocycles. The molecule has 146 valence electrons. The molecule has 1 saturated carbocycles. The number of aromatic nitrogens is 4. The van der Waals surface area contributed by atoms with Gasteiger partial charge in [-0.25, -0.2) is 15.0 Å². The summed E-state index contributed by atoms with van der Waals surface area (Å²) < 4.78 is 0. The van der Waals surface area contributed by atoms with E-state index >= 15 is 0 Å². The van der Waals surface area contributed by atoms with Crippen molar-refractivity contribution in [1.29, 1.82) is 5.41 Å². The molecule has 9 heteroatoms. The average molecular weight is 409 g/mol. The Morgan fingerprint density at radius 1 is 1.03 bits per heavy atom. The summed E-state index contributed by atoms with van der Waals surface area (Å²) in [6.45, 7) is 0. The predicted octanol–water partition coefficient (Wildman–Crippen LogP) is 2.74. The van der Waals surface area contributed by atoms with Gasteiger partial charge < -0.3 is 10.8 Å². The minimum absolute atomic E-state index is 0.00551. The zero-order chi connectivity index (χ0) is 20.4. The topological polar surface area (TPSA) is 137 Å². The minimum Gasteiger partial charge on any atom is -0.578 e. The monoisotopic (exact) mass is 408 g/mol. The molecule has 5 N–H and O–H groups in total. The molecule has 1 fully saturated rings. The number of rotatable bonds is 4. The Morgan fingerprint density at radius 3 is 2.34 bits per heavy atom. The fourth-order valence-electron chi connectivity index (χ4n) is 3.31.